The minimum Gasteiger partial charge on any atom is -0.454 e. The molecule has 0 aromatic heterocycles. The van der Waals surface area contributed by atoms with Crippen LogP contribution in [0, 0.1) is 0 Å². The predicted molar refractivity (Wildman–Crippen MR) is 71.4 cm³/mol. The summed E-state index contributed by atoms with van der Waals surface area (Å²) < 4.78 is 16.1. The first kappa shape index (κ1) is 13.2. The van der Waals surface area contributed by atoms with Crippen LogP contribution in [0.25, 0.3) is 0 Å². The van der Waals surface area contributed by atoms with E-state index in [1.807, 2.05) is 18.2 Å². The SMILES string of the molecule is NCC1CCC(C(=O)NCc2ccc3c(c2)OCO3)O1. The normalized spacial score (nSPS) is 23.9. The standard InChI is InChI=1S/C14H18N2O4/c15-6-10-2-4-12(20-10)14(17)16-7-9-1-3-11-13(5-9)19-8-18-11/h1,3,5,10,12H,2,4,6-8,15H2,(H,16,17). The number of nitrogens with one attached hydrogen (secondary N) is 1. The molecule has 1 saturated heterocycles. The van der Waals surface area contributed by atoms with E-state index in [1.165, 1.54) is 0 Å². The van der Waals surface area contributed by atoms with Gasteiger partial charge in [-0.1, -0.05) is 6.07 Å². The molecule has 3 rings (SSSR count). The quantitative estimate of drug-likeness (QED) is 0.840. The molecule has 1 fully saturated rings. The lowest BCUT2D eigenvalue weighted by molar-refractivity contribution is -0.132. The number of amides is 1. The van der Waals surface area contributed by atoms with Crippen molar-refractivity contribution in [2.45, 2.75) is 31.6 Å². The van der Waals surface area contributed by atoms with Gasteiger partial charge in [-0.2, -0.15) is 0 Å². The number of rotatable bonds is 4. The zero-order valence-electron chi connectivity index (χ0n) is 11.1. The molecule has 108 valence electrons. The Hall–Kier alpha value is -1.79. The minimum atomic E-state index is -0.377. The maximum Gasteiger partial charge on any atom is 0.249 e. The van der Waals surface area contributed by atoms with E-state index in [4.69, 9.17) is 19.9 Å². The molecule has 2 unspecified atom stereocenters. The van der Waals surface area contributed by atoms with Gasteiger partial charge in [0.05, 0.1) is 6.10 Å². The molecule has 3 N–H and O–H groups in total. The molecule has 20 heavy (non-hydrogen) atoms. The van der Waals surface area contributed by atoms with Gasteiger partial charge in [0.15, 0.2) is 11.5 Å². The highest BCUT2D eigenvalue weighted by molar-refractivity contribution is 5.81. The molecule has 1 aromatic carbocycles. The van der Waals surface area contributed by atoms with Crippen LogP contribution in [0.2, 0.25) is 0 Å². The van der Waals surface area contributed by atoms with Crippen LogP contribution in [-0.4, -0.2) is 31.5 Å². The highest BCUT2D eigenvalue weighted by Crippen LogP contribution is 2.32. The second-order valence-corrected chi connectivity index (χ2v) is 4.97. The Bertz CT molecular complexity index is 506. The van der Waals surface area contributed by atoms with Crippen LogP contribution in [0.5, 0.6) is 11.5 Å². The van der Waals surface area contributed by atoms with E-state index in [-0.39, 0.29) is 24.9 Å². The van der Waals surface area contributed by atoms with Crippen LogP contribution in [0.1, 0.15) is 18.4 Å². The maximum atomic E-state index is 12.0. The third-order valence-corrected chi connectivity index (χ3v) is 3.57. The van der Waals surface area contributed by atoms with Gasteiger partial charge >= 0.3 is 0 Å². The van der Waals surface area contributed by atoms with Gasteiger partial charge in [-0.15, -0.1) is 0 Å². The lowest BCUT2D eigenvalue weighted by atomic mass is 10.1. The van der Waals surface area contributed by atoms with Crippen molar-refractivity contribution in [3.05, 3.63) is 23.8 Å². The summed E-state index contributed by atoms with van der Waals surface area (Å²) in [5.74, 6) is 1.38. The summed E-state index contributed by atoms with van der Waals surface area (Å²) in [7, 11) is 0. The minimum absolute atomic E-state index is 0.0105. The van der Waals surface area contributed by atoms with Crippen LogP contribution in [0.4, 0.5) is 0 Å². The smallest absolute Gasteiger partial charge is 0.249 e. The van der Waals surface area contributed by atoms with E-state index in [0.717, 1.165) is 29.9 Å². The number of hydrogen-bond donors (Lipinski definition) is 2. The Kier molecular flexibility index (Phi) is 3.75. The van der Waals surface area contributed by atoms with Crippen molar-refractivity contribution in [2.24, 2.45) is 5.73 Å². The molecule has 0 spiro atoms. The highest BCUT2D eigenvalue weighted by Gasteiger charge is 2.29. The molecule has 1 amide bonds. The molecular formula is C14H18N2O4. The third kappa shape index (κ3) is 2.71. The highest BCUT2D eigenvalue weighted by atomic mass is 16.7. The first-order valence-corrected chi connectivity index (χ1v) is 6.78. The van der Waals surface area contributed by atoms with Crippen LogP contribution < -0.4 is 20.5 Å². The van der Waals surface area contributed by atoms with Crippen molar-refractivity contribution >= 4 is 5.91 Å². The fourth-order valence-electron chi connectivity index (χ4n) is 2.43. The summed E-state index contributed by atoms with van der Waals surface area (Å²) in [6.07, 6.45) is 1.21. The van der Waals surface area contributed by atoms with Gasteiger partial charge in [-0.3, -0.25) is 4.79 Å². The van der Waals surface area contributed by atoms with E-state index < -0.39 is 0 Å². The first-order valence-electron chi connectivity index (χ1n) is 6.78. The lowest BCUT2D eigenvalue weighted by Crippen LogP contribution is -2.35. The molecule has 0 radical (unpaired) electrons. The average molecular weight is 278 g/mol. The van der Waals surface area contributed by atoms with Gasteiger partial charge < -0.3 is 25.3 Å². The number of benzene rings is 1. The summed E-state index contributed by atoms with van der Waals surface area (Å²) in [5, 5.41) is 2.88. The van der Waals surface area contributed by atoms with Gasteiger partial charge in [-0.05, 0) is 30.5 Å². The lowest BCUT2D eigenvalue weighted by Gasteiger charge is -2.12. The molecule has 6 nitrogen and oxygen atoms in total. The molecule has 6 heteroatoms. The third-order valence-electron chi connectivity index (χ3n) is 3.57. The Morgan fingerprint density at radius 2 is 2.15 bits per heavy atom. The Balaban J connectivity index is 1.53. The van der Waals surface area contributed by atoms with Gasteiger partial charge in [0.25, 0.3) is 0 Å². The predicted octanol–water partition coefficient (Wildman–Crippen LogP) is 0.538. The van der Waals surface area contributed by atoms with Crippen molar-refractivity contribution in [3.8, 4) is 11.5 Å². The zero-order valence-corrected chi connectivity index (χ0v) is 11.1. The largest absolute Gasteiger partial charge is 0.454 e. The van der Waals surface area contributed by atoms with Crippen molar-refractivity contribution in [3.63, 3.8) is 0 Å². The number of fused-ring (bicyclic) bond motifs is 1. The molecule has 1 aromatic rings. The first-order chi connectivity index (χ1) is 9.76. The number of carbonyl (C=O) groups is 1. The van der Waals surface area contributed by atoms with Crippen LogP contribution in [-0.2, 0) is 16.1 Å². The van der Waals surface area contributed by atoms with Crippen LogP contribution in [0.15, 0.2) is 18.2 Å². The molecule has 0 saturated carbocycles. The van der Waals surface area contributed by atoms with Gasteiger partial charge in [-0.25, -0.2) is 0 Å². The molecule has 0 bridgehead atoms. The van der Waals surface area contributed by atoms with Crippen molar-refractivity contribution in [2.75, 3.05) is 13.3 Å². The second-order valence-electron chi connectivity index (χ2n) is 4.97. The van der Waals surface area contributed by atoms with Gasteiger partial charge in [0.2, 0.25) is 12.7 Å². The van der Waals surface area contributed by atoms with E-state index in [1.54, 1.807) is 0 Å². The van der Waals surface area contributed by atoms with E-state index >= 15 is 0 Å². The van der Waals surface area contributed by atoms with Crippen LogP contribution >= 0.6 is 0 Å². The van der Waals surface area contributed by atoms with E-state index in [9.17, 15) is 4.79 Å². The molecule has 2 heterocycles. The van der Waals surface area contributed by atoms with Crippen molar-refractivity contribution in [1.29, 1.82) is 0 Å². The maximum absolute atomic E-state index is 12.0. The summed E-state index contributed by atoms with van der Waals surface area (Å²) in [6.45, 7) is 1.16. The van der Waals surface area contributed by atoms with E-state index in [2.05, 4.69) is 5.32 Å². The Labute approximate surface area is 117 Å². The average Bonchev–Trinajstić information content (AvgIpc) is 3.12. The number of nitrogens with two attached hydrogens (primary N) is 1. The fourth-order valence-corrected chi connectivity index (χ4v) is 2.43. The summed E-state index contributed by atoms with van der Waals surface area (Å²) in [4.78, 5) is 12.0. The van der Waals surface area contributed by atoms with Crippen molar-refractivity contribution in [1.82, 2.24) is 5.32 Å². The fraction of sp³-hybridized carbons (Fsp3) is 0.500. The molecule has 2 aliphatic heterocycles. The topological polar surface area (TPSA) is 82.8 Å². The second kappa shape index (κ2) is 5.68. The summed E-state index contributed by atoms with van der Waals surface area (Å²) >= 11 is 0. The van der Waals surface area contributed by atoms with Crippen molar-refractivity contribution < 1.29 is 19.0 Å². The van der Waals surface area contributed by atoms with Gasteiger partial charge in [0.1, 0.15) is 6.10 Å². The van der Waals surface area contributed by atoms with Crippen LogP contribution in [0.3, 0.4) is 0 Å². The molecule has 0 aliphatic carbocycles. The number of hydrogen-bond acceptors (Lipinski definition) is 5. The summed E-state index contributed by atoms with van der Waals surface area (Å²) in [6, 6.07) is 5.63. The molecular weight excluding hydrogens is 260 g/mol. The summed E-state index contributed by atoms with van der Waals surface area (Å²) in [5.41, 5.74) is 6.50. The molecule has 2 atom stereocenters. The Morgan fingerprint density at radius 1 is 1.30 bits per heavy atom. The number of carbonyl (C=O) groups excluding carboxylic acids is 1. The van der Waals surface area contributed by atoms with Gasteiger partial charge in [0, 0.05) is 13.1 Å². The Morgan fingerprint density at radius 3 is 2.95 bits per heavy atom. The monoisotopic (exact) mass is 278 g/mol. The number of ether oxygens (including phenoxy) is 3. The zero-order chi connectivity index (χ0) is 13.9. The van der Waals surface area contributed by atoms with E-state index in [0.29, 0.717) is 13.1 Å². The molecule has 2 aliphatic rings.